The van der Waals surface area contributed by atoms with Gasteiger partial charge in [-0.15, -0.1) is 0 Å². The summed E-state index contributed by atoms with van der Waals surface area (Å²) < 4.78 is 82.5. The number of ether oxygens (including phenoxy) is 1. The summed E-state index contributed by atoms with van der Waals surface area (Å²) in [5.41, 5.74) is -0.320. The van der Waals surface area contributed by atoms with Crippen molar-refractivity contribution in [3.8, 4) is 17.1 Å². The molecule has 0 saturated carbocycles. The van der Waals surface area contributed by atoms with Crippen molar-refractivity contribution in [2.45, 2.75) is 49.9 Å². The molecular weight excluding hydrogens is 553 g/mol. The number of carbonyl (C=O) groups is 1. The monoisotopic (exact) mass is 571 g/mol. The van der Waals surface area contributed by atoms with Gasteiger partial charge >= 0.3 is 5.97 Å². The van der Waals surface area contributed by atoms with E-state index in [2.05, 4.69) is 10.3 Å². The predicted octanol–water partition coefficient (Wildman–Crippen LogP) is 7.63. The molecule has 0 atom stereocenters. The second-order valence-corrected chi connectivity index (χ2v) is 10.6. The van der Waals surface area contributed by atoms with Crippen molar-refractivity contribution in [3.63, 3.8) is 0 Å². The molecule has 4 rings (SSSR count). The second kappa shape index (κ2) is 10.1. The van der Waals surface area contributed by atoms with E-state index in [0.717, 1.165) is 0 Å². The Hall–Kier alpha value is -3.38. The number of benzene rings is 2. The smallest absolute Gasteiger partial charge is 0.350 e. The first-order valence-corrected chi connectivity index (χ1v) is 12.2. The van der Waals surface area contributed by atoms with Crippen LogP contribution in [-0.2, 0) is 5.54 Å². The van der Waals surface area contributed by atoms with E-state index in [-0.39, 0.29) is 50.3 Å². The predicted molar refractivity (Wildman–Crippen MR) is 129 cm³/mol. The number of aryl methyl sites for hydroxylation is 2. The molecule has 0 fully saturated rings. The normalized spacial score (nSPS) is 11.8. The number of hydrogen-bond donors (Lipinski definition) is 0. The largest absolute Gasteiger partial charge is 0.403 e. The van der Waals surface area contributed by atoms with Crippen LogP contribution in [0.5, 0.6) is 5.88 Å². The standard InChI is InChI=1S/C25H19ClF5N3O3S/c1-10-21(38-22-18(30)16(28)15(27)17(29)19(22)31)23(34(32-10)25(3,4)5)36-24(35)14-11(2)37-33-20(14)12-8-6-7-9-13(12)26/h6-9H,1-5H3. The zero-order chi connectivity index (χ0) is 28.1. The molecule has 200 valence electrons. The molecule has 0 N–H and O–H groups in total. The highest BCUT2D eigenvalue weighted by molar-refractivity contribution is 7.99. The maximum absolute atomic E-state index is 14.5. The van der Waals surface area contributed by atoms with Gasteiger partial charge in [0.2, 0.25) is 11.7 Å². The van der Waals surface area contributed by atoms with Crippen LogP contribution in [0.15, 0.2) is 38.6 Å². The molecule has 0 bridgehead atoms. The minimum absolute atomic E-state index is 0.0791. The summed E-state index contributed by atoms with van der Waals surface area (Å²) in [5.74, 6) is -11.7. The third-order valence-electron chi connectivity index (χ3n) is 5.36. The van der Waals surface area contributed by atoms with E-state index in [9.17, 15) is 26.7 Å². The first-order chi connectivity index (χ1) is 17.7. The molecule has 6 nitrogen and oxygen atoms in total. The van der Waals surface area contributed by atoms with Crippen molar-refractivity contribution < 1.29 is 36.0 Å². The van der Waals surface area contributed by atoms with E-state index in [1.807, 2.05) is 0 Å². The molecule has 0 radical (unpaired) electrons. The summed E-state index contributed by atoms with van der Waals surface area (Å²) in [7, 11) is 0. The fourth-order valence-electron chi connectivity index (χ4n) is 3.52. The number of hydrogen-bond acceptors (Lipinski definition) is 6. The van der Waals surface area contributed by atoms with Gasteiger partial charge in [0, 0.05) is 5.56 Å². The van der Waals surface area contributed by atoms with Crippen LogP contribution in [0.25, 0.3) is 11.3 Å². The Morgan fingerprint density at radius 1 is 0.974 bits per heavy atom. The fourth-order valence-corrected chi connectivity index (χ4v) is 4.71. The van der Waals surface area contributed by atoms with E-state index < -0.39 is 45.5 Å². The van der Waals surface area contributed by atoms with Crippen molar-refractivity contribution in [3.05, 3.63) is 75.4 Å². The Labute approximate surface area is 222 Å². The van der Waals surface area contributed by atoms with E-state index in [4.69, 9.17) is 20.9 Å². The third-order valence-corrected chi connectivity index (χ3v) is 6.93. The highest BCUT2D eigenvalue weighted by Crippen LogP contribution is 2.43. The van der Waals surface area contributed by atoms with Crippen molar-refractivity contribution in [1.82, 2.24) is 14.9 Å². The maximum atomic E-state index is 14.5. The van der Waals surface area contributed by atoms with Gasteiger partial charge in [-0.3, -0.25) is 0 Å². The lowest BCUT2D eigenvalue weighted by Crippen LogP contribution is -2.25. The summed E-state index contributed by atoms with van der Waals surface area (Å²) in [6.45, 7) is 8.05. The molecule has 0 unspecified atom stereocenters. The van der Waals surface area contributed by atoms with Crippen molar-refractivity contribution in [2.75, 3.05) is 0 Å². The highest BCUT2D eigenvalue weighted by Gasteiger charge is 2.33. The van der Waals surface area contributed by atoms with E-state index >= 15 is 0 Å². The summed E-state index contributed by atoms with van der Waals surface area (Å²) in [4.78, 5) is 12.1. The molecule has 0 aliphatic heterocycles. The SMILES string of the molecule is Cc1nn(C(C)(C)C)c(OC(=O)c2c(-c3ccccc3Cl)noc2C)c1Sc1c(F)c(F)c(F)c(F)c1F. The lowest BCUT2D eigenvalue weighted by molar-refractivity contribution is 0.0703. The topological polar surface area (TPSA) is 70.2 Å². The Bertz CT molecular complexity index is 1550. The van der Waals surface area contributed by atoms with Crippen LogP contribution in [0.3, 0.4) is 0 Å². The number of carbonyl (C=O) groups excluding carboxylic acids is 1. The van der Waals surface area contributed by atoms with Crippen molar-refractivity contribution in [2.24, 2.45) is 0 Å². The molecule has 13 heteroatoms. The maximum Gasteiger partial charge on any atom is 0.350 e. The van der Waals surface area contributed by atoms with E-state index in [1.165, 1.54) is 18.5 Å². The minimum atomic E-state index is -2.28. The Balaban J connectivity index is 1.84. The van der Waals surface area contributed by atoms with Crippen LogP contribution >= 0.6 is 23.4 Å². The number of rotatable bonds is 5. The molecule has 38 heavy (non-hydrogen) atoms. The fraction of sp³-hybridized carbons (Fsp3) is 0.240. The first-order valence-electron chi connectivity index (χ1n) is 11.0. The summed E-state index contributed by atoms with van der Waals surface area (Å²) >= 11 is 6.46. The highest BCUT2D eigenvalue weighted by atomic mass is 35.5. The number of aromatic nitrogens is 3. The Morgan fingerprint density at radius 3 is 2.13 bits per heavy atom. The lowest BCUT2D eigenvalue weighted by Gasteiger charge is -2.22. The van der Waals surface area contributed by atoms with E-state index in [1.54, 1.807) is 45.0 Å². The zero-order valence-corrected chi connectivity index (χ0v) is 22.1. The lowest BCUT2D eigenvalue weighted by atomic mass is 10.1. The second-order valence-electron chi connectivity index (χ2n) is 9.14. The van der Waals surface area contributed by atoms with Crippen LogP contribution in [0, 0.1) is 42.9 Å². The number of nitrogens with zero attached hydrogens (tertiary/aromatic N) is 3. The molecule has 2 aromatic carbocycles. The van der Waals surface area contributed by atoms with Gasteiger partial charge in [0.15, 0.2) is 23.3 Å². The van der Waals surface area contributed by atoms with Gasteiger partial charge in [-0.05, 0) is 40.7 Å². The molecule has 0 aliphatic carbocycles. The number of esters is 1. The first kappa shape index (κ1) is 27.6. The van der Waals surface area contributed by atoms with Gasteiger partial charge < -0.3 is 9.26 Å². The molecule has 4 aromatic rings. The third kappa shape index (κ3) is 4.78. The Morgan fingerprint density at radius 2 is 1.55 bits per heavy atom. The van der Waals surface area contributed by atoms with Crippen LogP contribution in [0.1, 0.15) is 42.6 Å². The summed E-state index contributed by atoms with van der Waals surface area (Å²) in [5, 5.41) is 8.51. The van der Waals surface area contributed by atoms with Gasteiger partial charge in [-0.1, -0.05) is 46.7 Å². The van der Waals surface area contributed by atoms with Crippen LogP contribution < -0.4 is 4.74 Å². The van der Waals surface area contributed by atoms with Gasteiger partial charge in [0.05, 0.1) is 26.0 Å². The molecular formula is C25H19ClF5N3O3S. The average molecular weight is 572 g/mol. The van der Waals surface area contributed by atoms with Crippen LogP contribution in [0.2, 0.25) is 5.02 Å². The molecule has 2 aromatic heterocycles. The van der Waals surface area contributed by atoms with E-state index in [0.29, 0.717) is 5.56 Å². The molecule has 0 saturated heterocycles. The molecule has 0 amide bonds. The summed E-state index contributed by atoms with van der Waals surface area (Å²) in [6, 6.07) is 6.57. The van der Waals surface area contributed by atoms with Gasteiger partial charge in [-0.25, -0.2) is 31.4 Å². The van der Waals surface area contributed by atoms with Gasteiger partial charge in [0.25, 0.3) is 0 Å². The van der Waals surface area contributed by atoms with Crippen LogP contribution in [0.4, 0.5) is 22.0 Å². The average Bonchev–Trinajstić information content (AvgIpc) is 3.39. The molecule has 0 spiro atoms. The van der Waals surface area contributed by atoms with Crippen LogP contribution in [-0.4, -0.2) is 20.9 Å². The Kier molecular flexibility index (Phi) is 7.32. The van der Waals surface area contributed by atoms with Crippen molar-refractivity contribution in [1.29, 1.82) is 0 Å². The molecule has 0 aliphatic rings. The van der Waals surface area contributed by atoms with Gasteiger partial charge in [-0.2, -0.15) is 5.10 Å². The zero-order valence-electron chi connectivity index (χ0n) is 20.6. The molecule has 2 heterocycles. The van der Waals surface area contributed by atoms with Gasteiger partial charge in [0.1, 0.15) is 17.0 Å². The quantitative estimate of drug-likeness (QED) is 0.106. The minimum Gasteiger partial charge on any atom is -0.403 e. The van der Waals surface area contributed by atoms with Crippen molar-refractivity contribution >= 4 is 29.3 Å². The number of halogens is 6. The summed E-state index contributed by atoms with van der Waals surface area (Å²) in [6.07, 6.45) is 0.